The Kier molecular flexibility index (Phi) is 2.09. The van der Waals surface area contributed by atoms with E-state index in [-0.39, 0.29) is 11.4 Å². The van der Waals surface area contributed by atoms with E-state index in [4.69, 9.17) is 0 Å². The molecule has 0 aliphatic heterocycles. The number of nitrogens with zero attached hydrogens (tertiary/aromatic N) is 2. The van der Waals surface area contributed by atoms with Crippen molar-refractivity contribution in [3.8, 4) is 17.0 Å². The fourth-order valence-electron chi connectivity index (χ4n) is 1.26. The van der Waals surface area contributed by atoms with Crippen LogP contribution in [0.3, 0.4) is 0 Å². The Morgan fingerprint density at radius 2 is 2.27 bits per heavy atom. The van der Waals surface area contributed by atoms with Gasteiger partial charge in [0.15, 0.2) is 0 Å². The SMILES string of the molecule is O=[N+]([O-])c1ccc(O)c(-c2cnc[nH]2)c1. The van der Waals surface area contributed by atoms with Crippen LogP contribution in [0.4, 0.5) is 5.69 Å². The molecule has 1 aromatic heterocycles. The lowest BCUT2D eigenvalue weighted by atomic mass is 10.1. The van der Waals surface area contributed by atoms with Gasteiger partial charge in [-0.15, -0.1) is 0 Å². The minimum atomic E-state index is -0.515. The minimum absolute atomic E-state index is 0.0233. The summed E-state index contributed by atoms with van der Waals surface area (Å²) in [6, 6.07) is 3.83. The summed E-state index contributed by atoms with van der Waals surface area (Å²) >= 11 is 0. The summed E-state index contributed by atoms with van der Waals surface area (Å²) in [5, 5.41) is 20.1. The third kappa shape index (κ3) is 1.64. The number of non-ortho nitro benzene ring substituents is 1. The first-order valence-electron chi connectivity index (χ1n) is 4.14. The van der Waals surface area contributed by atoms with E-state index in [0.717, 1.165) is 0 Å². The van der Waals surface area contributed by atoms with E-state index in [2.05, 4.69) is 9.97 Å². The highest BCUT2D eigenvalue weighted by Gasteiger charge is 2.12. The van der Waals surface area contributed by atoms with Gasteiger partial charge in [-0.3, -0.25) is 10.1 Å². The number of rotatable bonds is 2. The number of phenols is 1. The molecular weight excluding hydrogens is 198 g/mol. The van der Waals surface area contributed by atoms with Crippen LogP contribution in [0.2, 0.25) is 0 Å². The molecule has 2 rings (SSSR count). The van der Waals surface area contributed by atoms with E-state index in [1.807, 2.05) is 0 Å². The summed E-state index contributed by atoms with van der Waals surface area (Å²) in [6.07, 6.45) is 2.92. The molecule has 0 aliphatic carbocycles. The van der Waals surface area contributed by atoms with Crippen LogP contribution in [0, 0.1) is 10.1 Å². The maximum atomic E-state index is 10.5. The maximum Gasteiger partial charge on any atom is 0.270 e. The summed E-state index contributed by atoms with van der Waals surface area (Å²) < 4.78 is 0. The third-order valence-electron chi connectivity index (χ3n) is 1.98. The van der Waals surface area contributed by atoms with E-state index in [1.54, 1.807) is 0 Å². The second kappa shape index (κ2) is 3.41. The lowest BCUT2D eigenvalue weighted by Gasteiger charge is -2.00. The topological polar surface area (TPSA) is 92.1 Å². The van der Waals surface area contributed by atoms with Crippen molar-refractivity contribution in [2.75, 3.05) is 0 Å². The zero-order chi connectivity index (χ0) is 10.8. The van der Waals surface area contributed by atoms with Gasteiger partial charge in [-0.2, -0.15) is 0 Å². The Bertz CT molecular complexity index is 493. The number of hydrogen-bond acceptors (Lipinski definition) is 4. The number of nitro groups is 1. The van der Waals surface area contributed by atoms with Crippen molar-refractivity contribution in [2.24, 2.45) is 0 Å². The lowest BCUT2D eigenvalue weighted by Crippen LogP contribution is -1.88. The molecular formula is C9H7N3O3. The number of aromatic nitrogens is 2. The van der Waals surface area contributed by atoms with Gasteiger partial charge in [0.05, 0.1) is 23.1 Å². The third-order valence-corrected chi connectivity index (χ3v) is 1.98. The second-order valence-electron chi connectivity index (χ2n) is 2.92. The molecule has 6 nitrogen and oxygen atoms in total. The molecule has 0 saturated heterocycles. The highest BCUT2D eigenvalue weighted by molar-refractivity contribution is 5.68. The Balaban J connectivity index is 2.55. The van der Waals surface area contributed by atoms with Gasteiger partial charge in [0.1, 0.15) is 5.75 Å². The smallest absolute Gasteiger partial charge is 0.270 e. The Labute approximate surface area is 84.4 Å². The average Bonchev–Trinajstić information content (AvgIpc) is 2.71. The van der Waals surface area contributed by atoms with Crippen LogP contribution in [-0.4, -0.2) is 20.0 Å². The van der Waals surface area contributed by atoms with Crippen molar-refractivity contribution in [1.29, 1.82) is 0 Å². The molecule has 0 atom stereocenters. The lowest BCUT2D eigenvalue weighted by molar-refractivity contribution is -0.384. The molecule has 0 fully saturated rings. The summed E-state index contributed by atoms with van der Waals surface area (Å²) in [4.78, 5) is 16.6. The number of aromatic amines is 1. The summed E-state index contributed by atoms with van der Waals surface area (Å²) in [7, 11) is 0. The van der Waals surface area contributed by atoms with Crippen LogP contribution in [-0.2, 0) is 0 Å². The number of nitrogens with one attached hydrogen (secondary N) is 1. The molecule has 0 amide bonds. The van der Waals surface area contributed by atoms with Crippen molar-refractivity contribution >= 4 is 5.69 Å². The first-order valence-corrected chi connectivity index (χ1v) is 4.14. The van der Waals surface area contributed by atoms with Crippen molar-refractivity contribution < 1.29 is 10.0 Å². The molecule has 1 heterocycles. The predicted molar refractivity (Wildman–Crippen MR) is 52.3 cm³/mol. The van der Waals surface area contributed by atoms with Crippen LogP contribution < -0.4 is 0 Å². The number of nitro benzene ring substituents is 1. The van der Waals surface area contributed by atoms with E-state index >= 15 is 0 Å². The number of benzene rings is 1. The number of aromatic hydroxyl groups is 1. The van der Waals surface area contributed by atoms with Gasteiger partial charge in [-0.25, -0.2) is 4.98 Å². The number of hydrogen-bond donors (Lipinski definition) is 2. The van der Waals surface area contributed by atoms with Crippen molar-refractivity contribution in [3.05, 3.63) is 40.8 Å². The molecule has 0 spiro atoms. The zero-order valence-electron chi connectivity index (χ0n) is 7.54. The van der Waals surface area contributed by atoms with Gasteiger partial charge >= 0.3 is 0 Å². The molecule has 2 N–H and O–H groups in total. The Morgan fingerprint density at radius 3 is 2.87 bits per heavy atom. The quantitative estimate of drug-likeness (QED) is 0.576. The van der Waals surface area contributed by atoms with Crippen LogP contribution in [0.25, 0.3) is 11.3 Å². The second-order valence-corrected chi connectivity index (χ2v) is 2.92. The van der Waals surface area contributed by atoms with Gasteiger partial charge in [-0.05, 0) is 6.07 Å². The van der Waals surface area contributed by atoms with E-state index in [0.29, 0.717) is 11.3 Å². The average molecular weight is 205 g/mol. The van der Waals surface area contributed by atoms with E-state index < -0.39 is 4.92 Å². The number of phenolic OH excluding ortho intramolecular Hbond substituents is 1. The Morgan fingerprint density at radius 1 is 1.47 bits per heavy atom. The molecule has 6 heteroatoms. The largest absolute Gasteiger partial charge is 0.507 e. The molecule has 15 heavy (non-hydrogen) atoms. The van der Waals surface area contributed by atoms with Crippen LogP contribution in [0.15, 0.2) is 30.7 Å². The summed E-state index contributed by atoms with van der Waals surface area (Å²) in [6.45, 7) is 0. The summed E-state index contributed by atoms with van der Waals surface area (Å²) in [5.41, 5.74) is 0.829. The molecule has 0 aliphatic rings. The fourth-order valence-corrected chi connectivity index (χ4v) is 1.26. The van der Waals surface area contributed by atoms with Crippen molar-refractivity contribution in [3.63, 3.8) is 0 Å². The first-order chi connectivity index (χ1) is 7.18. The summed E-state index contributed by atoms with van der Waals surface area (Å²) in [5.74, 6) is -0.0233. The van der Waals surface area contributed by atoms with Crippen LogP contribution in [0.1, 0.15) is 0 Å². The molecule has 0 bridgehead atoms. The van der Waals surface area contributed by atoms with Crippen molar-refractivity contribution in [2.45, 2.75) is 0 Å². The minimum Gasteiger partial charge on any atom is -0.507 e. The Hall–Kier alpha value is -2.37. The maximum absolute atomic E-state index is 10.5. The first kappa shape index (κ1) is 9.20. The predicted octanol–water partition coefficient (Wildman–Crippen LogP) is 1.69. The molecule has 0 radical (unpaired) electrons. The monoisotopic (exact) mass is 205 g/mol. The molecule has 0 saturated carbocycles. The van der Waals surface area contributed by atoms with Gasteiger partial charge < -0.3 is 10.1 Å². The highest BCUT2D eigenvalue weighted by atomic mass is 16.6. The highest BCUT2D eigenvalue weighted by Crippen LogP contribution is 2.30. The van der Waals surface area contributed by atoms with Crippen LogP contribution in [0.5, 0.6) is 5.75 Å². The molecule has 76 valence electrons. The van der Waals surface area contributed by atoms with Gasteiger partial charge in [-0.1, -0.05) is 0 Å². The van der Waals surface area contributed by atoms with Gasteiger partial charge in [0.2, 0.25) is 0 Å². The normalized spacial score (nSPS) is 10.1. The van der Waals surface area contributed by atoms with E-state index in [1.165, 1.54) is 30.7 Å². The van der Waals surface area contributed by atoms with Gasteiger partial charge in [0, 0.05) is 17.7 Å². The molecule has 1 aromatic carbocycles. The van der Waals surface area contributed by atoms with E-state index in [9.17, 15) is 15.2 Å². The number of imidazole rings is 1. The fraction of sp³-hybridized carbons (Fsp3) is 0. The van der Waals surface area contributed by atoms with Crippen molar-refractivity contribution in [1.82, 2.24) is 9.97 Å². The van der Waals surface area contributed by atoms with Gasteiger partial charge in [0.25, 0.3) is 5.69 Å². The standard InChI is InChI=1S/C9H7N3O3/c13-9-2-1-6(12(14)15)3-7(9)8-4-10-5-11-8/h1-5,13H,(H,10,11). The zero-order valence-corrected chi connectivity index (χ0v) is 7.54. The van der Waals surface area contributed by atoms with Crippen LogP contribution >= 0.6 is 0 Å². The molecule has 0 unspecified atom stereocenters. The molecule has 2 aromatic rings. The number of H-pyrrole nitrogens is 1.